The first kappa shape index (κ1) is 10.2. The van der Waals surface area contributed by atoms with E-state index in [4.69, 9.17) is 0 Å². The highest BCUT2D eigenvalue weighted by Crippen LogP contribution is 2.27. The monoisotopic (exact) mass is 221 g/mol. The minimum absolute atomic E-state index is 0.664. The van der Waals surface area contributed by atoms with Gasteiger partial charge in [-0.3, -0.25) is 9.58 Å². The minimum atomic E-state index is 0.664. The average Bonchev–Trinajstić information content (AvgIpc) is 2.92. The van der Waals surface area contributed by atoms with Crippen molar-refractivity contribution in [3.05, 3.63) is 11.9 Å². The molecule has 2 aliphatic rings. The lowest BCUT2D eigenvalue weighted by molar-refractivity contribution is 0.297. The highest BCUT2D eigenvalue weighted by atomic mass is 15.4. The Morgan fingerprint density at radius 2 is 2.38 bits per heavy atom. The molecule has 3 rings (SSSR count). The van der Waals surface area contributed by atoms with E-state index in [-0.39, 0.29) is 0 Å². The normalized spacial score (nSPS) is 29.8. The molecule has 1 aromatic heterocycles. The van der Waals surface area contributed by atoms with Crippen LogP contribution in [0.2, 0.25) is 0 Å². The van der Waals surface area contributed by atoms with E-state index in [1.54, 1.807) is 0 Å². The number of fused-ring (bicyclic) bond motifs is 1. The van der Waals surface area contributed by atoms with Crippen molar-refractivity contribution in [2.45, 2.75) is 37.9 Å². The van der Waals surface area contributed by atoms with Crippen LogP contribution >= 0.6 is 0 Å². The third-order valence-corrected chi connectivity index (χ3v) is 3.96. The van der Waals surface area contributed by atoms with Crippen molar-refractivity contribution in [2.75, 3.05) is 13.1 Å². The molecule has 16 heavy (non-hydrogen) atoms. The number of aromatic nitrogens is 3. The van der Waals surface area contributed by atoms with Crippen LogP contribution in [-0.4, -0.2) is 45.1 Å². The van der Waals surface area contributed by atoms with E-state index in [1.807, 2.05) is 17.9 Å². The second kappa shape index (κ2) is 4.14. The van der Waals surface area contributed by atoms with Crippen molar-refractivity contribution in [1.82, 2.24) is 25.2 Å². The summed E-state index contributed by atoms with van der Waals surface area (Å²) >= 11 is 0. The Labute approximate surface area is 95.8 Å². The van der Waals surface area contributed by atoms with Gasteiger partial charge in [-0.2, -0.15) is 0 Å². The minimum Gasteiger partial charge on any atom is -0.307 e. The summed E-state index contributed by atoms with van der Waals surface area (Å²) in [4.78, 5) is 2.62. The summed E-state index contributed by atoms with van der Waals surface area (Å²) in [6.07, 6.45) is 5.86. The molecule has 0 spiro atoms. The van der Waals surface area contributed by atoms with Crippen LogP contribution in [0.15, 0.2) is 6.20 Å². The van der Waals surface area contributed by atoms with Gasteiger partial charge < -0.3 is 5.32 Å². The molecule has 2 aliphatic heterocycles. The quantitative estimate of drug-likeness (QED) is 0.789. The lowest BCUT2D eigenvalue weighted by Gasteiger charge is -2.21. The van der Waals surface area contributed by atoms with Gasteiger partial charge >= 0.3 is 0 Å². The van der Waals surface area contributed by atoms with Gasteiger partial charge in [-0.1, -0.05) is 5.21 Å². The van der Waals surface area contributed by atoms with E-state index < -0.39 is 0 Å². The third-order valence-electron chi connectivity index (χ3n) is 3.96. The van der Waals surface area contributed by atoms with Crippen molar-refractivity contribution in [3.8, 4) is 0 Å². The summed E-state index contributed by atoms with van der Waals surface area (Å²) in [7, 11) is 1.94. The summed E-state index contributed by atoms with van der Waals surface area (Å²) in [5.41, 5.74) is 1.16. The van der Waals surface area contributed by atoms with Gasteiger partial charge in [-0.15, -0.1) is 5.10 Å². The predicted molar refractivity (Wildman–Crippen MR) is 60.8 cm³/mol. The molecule has 1 aromatic rings. The summed E-state index contributed by atoms with van der Waals surface area (Å²) in [6.45, 7) is 3.46. The van der Waals surface area contributed by atoms with Crippen molar-refractivity contribution < 1.29 is 0 Å². The van der Waals surface area contributed by atoms with Crippen LogP contribution in [0.1, 0.15) is 25.0 Å². The Balaban J connectivity index is 1.58. The molecule has 2 atom stereocenters. The summed E-state index contributed by atoms with van der Waals surface area (Å²) < 4.78 is 1.84. The van der Waals surface area contributed by atoms with Crippen LogP contribution in [0.5, 0.6) is 0 Å². The summed E-state index contributed by atoms with van der Waals surface area (Å²) in [5.74, 6) is 0. The van der Waals surface area contributed by atoms with E-state index in [9.17, 15) is 0 Å². The van der Waals surface area contributed by atoms with E-state index in [0.717, 1.165) is 18.3 Å². The lowest BCUT2D eigenvalue weighted by Crippen LogP contribution is -2.39. The van der Waals surface area contributed by atoms with Gasteiger partial charge in [0.2, 0.25) is 0 Å². The first-order valence-corrected chi connectivity index (χ1v) is 6.15. The number of nitrogens with one attached hydrogen (secondary N) is 1. The van der Waals surface area contributed by atoms with Crippen molar-refractivity contribution in [2.24, 2.45) is 7.05 Å². The first-order chi connectivity index (χ1) is 7.84. The van der Waals surface area contributed by atoms with Crippen molar-refractivity contribution >= 4 is 0 Å². The van der Waals surface area contributed by atoms with Crippen LogP contribution in [-0.2, 0) is 13.6 Å². The standard InChI is InChI=1S/C11H19N5/c1-15-9(8-13-14-15)7-12-10-4-6-16-5-2-3-11(10)16/h8,10-12H,2-7H2,1H3. The SMILES string of the molecule is Cn1nncc1CNC1CCN2CCCC12. The van der Waals surface area contributed by atoms with E-state index in [2.05, 4.69) is 20.5 Å². The maximum absolute atomic E-state index is 3.94. The number of nitrogens with zero attached hydrogens (tertiary/aromatic N) is 4. The molecular weight excluding hydrogens is 202 g/mol. The zero-order valence-corrected chi connectivity index (χ0v) is 9.76. The van der Waals surface area contributed by atoms with E-state index in [0.29, 0.717) is 6.04 Å². The maximum Gasteiger partial charge on any atom is 0.0738 e. The zero-order valence-electron chi connectivity index (χ0n) is 9.76. The highest BCUT2D eigenvalue weighted by molar-refractivity contribution is 4.98. The second-order valence-corrected chi connectivity index (χ2v) is 4.87. The fraction of sp³-hybridized carbons (Fsp3) is 0.818. The van der Waals surface area contributed by atoms with E-state index in [1.165, 1.54) is 32.4 Å². The largest absolute Gasteiger partial charge is 0.307 e. The molecule has 88 valence electrons. The Bertz CT molecular complexity index is 361. The molecule has 2 fully saturated rings. The van der Waals surface area contributed by atoms with Gasteiger partial charge in [0.05, 0.1) is 11.9 Å². The Kier molecular flexibility index (Phi) is 2.65. The molecule has 5 nitrogen and oxygen atoms in total. The topological polar surface area (TPSA) is 46.0 Å². The predicted octanol–water partition coefficient (Wildman–Crippen LogP) is 0.141. The Morgan fingerprint density at radius 1 is 1.44 bits per heavy atom. The molecule has 0 aromatic carbocycles. The van der Waals surface area contributed by atoms with Gasteiger partial charge in [0.15, 0.2) is 0 Å². The van der Waals surface area contributed by atoms with Crippen molar-refractivity contribution in [3.63, 3.8) is 0 Å². The van der Waals surface area contributed by atoms with Crippen molar-refractivity contribution in [1.29, 1.82) is 0 Å². The molecule has 0 amide bonds. The van der Waals surface area contributed by atoms with Crippen LogP contribution in [0.3, 0.4) is 0 Å². The third kappa shape index (κ3) is 1.74. The van der Waals surface area contributed by atoms with E-state index >= 15 is 0 Å². The number of hydrogen-bond acceptors (Lipinski definition) is 4. The number of aryl methyl sites for hydroxylation is 1. The molecule has 0 aliphatic carbocycles. The molecule has 5 heteroatoms. The van der Waals surface area contributed by atoms with Crippen LogP contribution in [0.4, 0.5) is 0 Å². The molecule has 3 heterocycles. The van der Waals surface area contributed by atoms with Gasteiger partial charge in [0.25, 0.3) is 0 Å². The van der Waals surface area contributed by atoms with Crippen LogP contribution < -0.4 is 5.32 Å². The Hall–Kier alpha value is -0.940. The molecule has 0 bridgehead atoms. The number of hydrogen-bond donors (Lipinski definition) is 1. The lowest BCUT2D eigenvalue weighted by atomic mass is 10.1. The fourth-order valence-electron chi connectivity index (χ4n) is 3.03. The highest BCUT2D eigenvalue weighted by Gasteiger charge is 2.36. The molecule has 0 saturated carbocycles. The first-order valence-electron chi connectivity index (χ1n) is 6.15. The maximum atomic E-state index is 3.94. The molecule has 2 unspecified atom stereocenters. The summed E-state index contributed by atoms with van der Waals surface area (Å²) in [6, 6.07) is 1.44. The van der Waals surface area contributed by atoms with Gasteiger partial charge in [-0.05, 0) is 25.8 Å². The summed E-state index contributed by atoms with van der Waals surface area (Å²) in [5, 5.41) is 11.5. The van der Waals surface area contributed by atoms with Crippen LogP contribution in [0, 0.1) is 0 Å². The van der Waals surface area contributed by atoms with Gasteiger partial charge in [0.1, 0.15) is 0 Å². The zero-order chi connectivity index (χ0) is 11.0. The average molecular weight is 221 g/mol. The molecular formula is C11H19N5. The molecule has 1 N–H and O–H groups in total. The smallest absolute Gasteiger partial charge is 0.0738 e. The molecule has 2 saturated heterocycles. The van der Waals surface area contributed by atoms with Gasteiger partial charge in [-0.25, -0.2) is 0 Å². The second-order valence-electron chi connectivity index (χ2n) is 4.87. The van der Waals surface area contributed by atoms with Crippen LogP contribution in [0.25, 0.3) is 0 Å². The molecule has 0 radical (unpaired) electrons. The fourth-order valence-corrected chi connectivity index (χ4v) is 3.03. The van der Waals surface area contributed by atoms with Gasteiger partial charge in [0, 0.05) is 32.2 Å². The number of rotatable bonds is 3. The Morgan fingerprint density at radius 3 is 3.19 bits per heavy atom.